The minimum atomic E-state index is -0.773. The maximum atomic E-state index is 12.4. The van der Waals surface area contributed by atoms with E-state index in [0.717, 1.165) is 25.3 Å². The van der Waals surface area contributed by atoms with E-state index in [1.807, 2.05) is 19.9 Å². The lowest BCUT2D eigenvalue weighted by Gasteiger charge is -2.19. The van der Waals surface area contributed by atoms with E-state index in [4.69, 9.17) is 0 Å². The molecule has 8 heteroatoms. The molecule has 1 aliphatic heterocycles. The predicted octanol–water partition coefficient (Wildman–Crippen LogP) is 3.29. The van der Waals surface area contributed by atoms with Crippen LogP contribution in [0.25, 0.3) is 0 Å². The number of benzene rings is 1. The van der Waals surface area contributed by atoms with Gasteiger partial charge < -0.3 is 16.0 Å². The van der Waals surface area contributed by atoms with Crippen LogP contribution in [0, 0.1) is 0 Å². The third kappa shape index (κ3) is 7.45. The van der Waals surface area contributed by atoms with Gasteiger partial charge in [-0.1, -0.05) is 37.3 Å². The number of guanidine groups is 1. The van der Waals surface area contributed by atoms with E-state index in [2.05, 4.69) is 52.1 Å². The maximum Gasteiger partial charge on any atom is 0.325 e. The molecule has 1 heterocycles. The lowest BCUT2D eigenvalue weighted by atomic mass is 9.99. The van der Waals surface area contributed by atoms with Gasteiger partial charge in [-0.2, -0.15) is 0 Å². The quantitative estimate of drug-likeness (QED) is 0.143. The number of nitrogens with one attached hydrogen (secondary N) is 3. The average molecular weight is 529 g/mol. The topological polar surface area (TPSA) is 85.8 Å². The Morgan fingerprint density at radius 2 is 1.93 bits per heavy atom. The first-order valence-electron chi connectivity index (χ1n) is 10.6. The Morgan fingerprint density at radius 3 is 2.53 bits per heavy atom. The van der Waals surface area contributed by atoms with Crippen molar-refractivity contribution in [2.75, 3.05) is 19.6 Å². The third-order valence-corrected chi connectivity index (χ3v) is 5.30. The number of imide groups is 1. The van der Waals surface area contributed by atoms with Gasteiger partial charge in [0.15, 0.2) is 5.96 Å². The van der Waals surface area contributed by atoms with Gasteiger partial charge in [-0.15, -0.1) is 24.0 Å². The molecule has 30 heavy (non-hydrogen) atoms. The first kappa shape index (κ1) is 26.2. The number of carbonyl (C=O) groups is 2. The Balaban J connectivity index is 0.00000450. The molecule has 0 aliphatic carbocycles. The van der Waals surface area contributed by atoms with Gasteiger partial charge in [0.05, 0.1) is 0 Å². The summed E-state index contributed by atoms with van der Waals surface area (Å²) in [6, 6.07) is 10.4. The smallest absolute Gasteiger partial charge is 0.325 e. The summed E-state index contributed by atoms with van der Waals surface area (Å²) in [5, 5.41) is 9.47. The molecular formula is C22H36IN5O2. The van der Waals surface area contributed by atoms with Crippen LogP contribution in [0.15, 0.2) is 35.3 Å². The van der Waals surface area contributed by atoms with E-state index >= 15 is 0 Å². The van der Waals surface area contributed by atoms with Crippen LogP contribution in [-0.2, 0) is 11.2 Å². The normalized spacial score (nSPS) is 19.9. The summed E-state index contributed by atoms with van der Waals surface area (Å²) in [5.74, 6) is 0.622. The fraction of sp³-hybridized carbons (Fsp3) is 0.591. The second-order valence-electron chi connectivity index (χ2n) is 7.76. The highest BCUT2D eigenvalue weighted by Crippen LogP contribution is 2.20. The number of carbonyl (C=O) groups excluding carboxylic acids is 2. The Morgan fingerprint density at radius 1 is 1.23 bits per heavy atom. The molecule has 0 saturated carbocycles. The molecule has 0 spiro atoms. The molecule has 0 aromatic heterocycles. The highest BCUT2D eigenvalue weighted by molar-refractivity contribution is 14.0. The Kier molecular flexibility index (Phi) is 11.1. The molecule has 1 aromatic carbocycles. The number of aliphatic imine (C=N–C) groups is 1. The van der Waals surface area contributed by atoms with Crippen molar-refractivity contribution in [2.45, 2.75) is 65.0 Å². The molecule has 1 fully saturated rings. The molecule has 0 bridgehead atoms. The second kappa shape index (κ2) is 12.8. The van der Waals surface area contributed by atoms with Crippen molar-refractivity contribution in [3.8, 4) is 0 Å². The molecule has 2 atom stereocenters. The zero-order valence-electron chi connectivity index (χ0n) is 18.5. The fourth-order valence-electron chi connectivity index (χ4n) is 3.26. The molecule has 1 aliphatic rings. The van der Waals surface area contributed by atoms with Crippen LogP contribution in [0.2, 0.25) is 0 Å². The second-order valence-corrected chi connectivity index (χ2v) is 7.76. The number of hydrogen-bond donors (Lipinski definition) is 3. The van der Waals surface area contributed by atoms with Crippen molar-refractivity contribution in [2.24, 2.45) is 4.99 Å². The van der Waals surface area contributed by atoms with Crippen LogP contribution in [0.5, 0.6) is 0 Å². The van der Waals surface area contributed by atoms with Crippen molar-refractivity contribution in [3.63, 3.8) is 0 Å². The lowest BCUT2D eigenvalue weighted by molar-refractivity contribution is -0.130. The number of aryl methyl sites for hydroxylation is 1. The van der Waals surface area contributed by atoms with E-state index < -0.39 is 5.54 Å². The summed E-state index contributed by atoms with van der Waals surface area (Å²) >= 11 is 0. The summed E-state index contributed by atoms with van der Waals surface area (Å²) < 4.78 is 0. The highest BCUT2D eigenvalue weighted by Gasteiger charge is 2.45. The summed E-state index contributed by atoms with van der Waals surface area (Å²) in [6.07, 6.45) is 3.23. The van der Waals surface area contributed by atoms with Crippen LogP contribution in [0.1, 0.15) is 52.5 Å². The van der Waals surface area contributed by atoms with Crippen LogP contribution >= 0.6 is 24.0 Å². The van der Waals surface area contributed by atoms with Crippen LogP contribution < -0.4 is 16.0 Å². The minimum Gasteiger partial charge on any atom is -0.357 e. The van der Waals surface area contributed by atoms with Crippen molar-refractivity contribution in [1.82, 2.24) is 20.9 Å². The SMILES string of the molecule is CCNC(=NCCCN1C(=O)NC(C)(CC)C1=O)NC(C)CCc1ccccc1.I. The van der Waals surface area contributed by atoms with Crippen LogP contribution in [0.3, 0.4) is 0 Å². The van der Waals surface area contributed by atoms with Gasteiger partial charge in [0.25, 0.3) is 5.91 Å². The maximum absolute atomic E-state index is 12.4. The molecule has 3 amide bonds. The molecule has 0 radical (unpaired) electrons. The van der Waals surface area contributed by atoms with Crippen molar-refractivity contribution >= 4 is 41.9 Å². The van der Waals surface area contributed by atoms with Crippen molar-refractivity contribution in [3.05, 3.63) is 35.9 Å². The molecule has 1 aromatic rings. The van der Waals surface area contributed by atoms with Crippen LogP contribution in [-0.4, -0.2) is 54.0 Å². The Hall–Kier alpha value is -1.84. The molecule has 2 unspecified atom stereocenters. The van der Waals surface area contributed by atoms with Crippen LogP contribution in [0.4, 0.5) is 4.79 Å². The van der Waals surface area contributed by atoms with Gasteiger partial charge in [0, 0.05) is 25.7 Å². The molecule has 7 nitrogen and oxygen atoms in total. The highest BCUT2D eigenvalue weighted by atomic mass is 127. The third-order valence-electron chi connectivity index (χ3n) is 5.30. The number of hydrogen-bond acceptors (Lipinski definition) is 3. The van der Waals surface area contributed by atoms with E-state index in [1.54, 1.807) is 6.92 Å². The molecule has 1 saturated heterocycles. The van der Waals surface area contributed by atoms with Gasteiger partial charge in [-0.3, -0.25) is 14.7 Å². The number of urea groups is 1. The first-order valence-corrected chi connectivity index (χ1v) is 10.6. The van der Waals surface area contributed by atoms with Crippen molar-refractivity contribution < 1.29 is 9.59 Å². The van der Waals surface area contributed by atoms with E-state index in [0.29, 0.717) is 25.9 Å². The average Bonchev–Trinajstić information content (AvgIpc) is 2.93. The van der Waals surface area contributed by atoms with Gasteiger partial charge in [-0.05, 0) is 52.0 Å². The van der Waals surface area contributed by atoms with E-state index in [9.17, 15) is 9.59 Å². The Bertz CT molecular complexity index is 713. The monoisotopic (exact) mass is 529 g/mol. The van der Waals surface area contributed by atoms with Gasteiger partial charge in [-0.25, -0.2) is 4.79 Å². The van der Waals surface area contributed by atoms with Crippen molar-refractivity contribution in [1.29, 1.82) is 0 Å². The van der Waals surface area contributed by atoms with Gasteiger partial charge in [0.2, 0.25) is 0 Å². The standard InChI is InChI=1S/C22H35N5O2.HI/c1-5-22(4)19(28)27(21(29)26-22)16-10-15-24-20(23-6-2)25-17(3)13-14-18-11-8-7-9-12-18;/h7-9,11-12,17H,5-6,10,13-16H2,1-4H3,(H,26,29)(H2,23,24,25);1H. The van der Waals surface area contributed by atoms with Gasteiger partial charge >= 0.3 is 6.03 Å². The first-order chi connectivity index (χ1) is 13.9. The fourth-order valence-corrected chi connectivity index (χ4v) is 3.26. The summed E-state index contributed by atoms with van der Waals surface area (Å²) in [4.78, 5) is 30.4. The molecule has 3 N–H and O–H groups in total. The zero-order chi connectivity index (χ0) is 21.3. The predicted molar refractivity (Wildman–Crippen MR) is 132 cm³/mol. The van der Waals surface area contributed by atoms with E-state index in [1.165, 1.54) is 10.5 Å². The minimum absolute atomic E-state index is 0. The number of halogens is 1. The lowest BCUT2D eigenvalue weighted by Crippen LogP contribution is -2.43. The summed E-state index contributed by atoms with van der Waals surface area (Å²) in [7, 11) is 0. The summed E-state index contributed by atoms with van der Waals surface area (Å²) in [5.41, 5.74) is 0.557. The van der Waals surface area contributed by atoms with Gasteiger partial charge in [0.1, 0.15) is 5.54 Å². The number of nitrogens with zero attached hydrogens (tertiary/aromatic N) is 2. The Labute approximate surface area is 197 Å². The van der Waals surface area contributed by atoms with E-state index in [-0.39, 0.29) is 42.0 Å². The number of amides is 3. The number of rotatable bonds is 10. The molecular weight excluding hydrogens is 493 g/mol. The molecule has 168 valence electrons. The largest absolute Gasteiger partial charge is 0.357 e. The summed E-state index contributed by atoms with van der Waals surface area (Å²) in [6.45, 7) is 9.56. The molecule has 2 rings (SSSR count). The zero-order valence-corrected chi connectivity index (χ0v) is 20.9.